The quantitative estimate of drug-likeness (QED) is 0.600. The zero-order valence-electron chi connectivity index (χ0n) is 15.5. The first-order valence-corrected chi connectivity index (χ1v) is 8.81. The molecule has 2 N–H and O–H groups in total. The van der Waals surface area contributed by atoms with Gasteiger partial charge in [0.05, 0.1) is 12.6 Å². The Labute approximate surface area is 160 Å². The number of fused-ring (bicyclic) bond motifs is 3. The van der Waals surface area contributed by atoms with E-state index in [-0.39, 0.29) is 25.0 Å². The summed E-state index contributed by atoms with van der Waals surface area (Å²) in [4.78, 5) is 42.3. The number of carbonyl (C=O) groups is 3. The van der Waals surface area contributed by atoms with Gasteiger partial charge < -0.3 is 19.6 Å². The number of para-hydroxylation sites is 1. The number of hydrogen-bond acceptors (Lipinski definition) is 6. The van der Waals surface area contributed by atoms with Crippen LogP contribution in [0.1, 0.15) is 48.5 Å². The molecule has 0 bridgehead atoms. The van der Waals surface area contributed by atoms with E-state index in [9.17, 15) is 14.4 Å². The molecule has 1 aromatic carbocycles. The Morgan fingerprint density at radius 2 is 1.93 bits per heavy atom. The SMILES string of the molecule is COC(=O)c1cc2c([nH]c3ccccc32)c([C@@H](C)OC(=O)CCCC(=O)O)n1. The second-order valence-corrected chi connectivity index (χ2v) is 6.36. The Balaban J connectivity index is 1.97. The maximum absolute atomic E-state index is 12.1. The van der Waals surface area contributed by atoms with Crippen LogP contribution in [0.3, 0.4) is 0 Å². The van der Waals surface area contributed by atoms with Crippen molar-refractivity contribution in [3.63, 3.8) is 0 Å². The van der Waals surface area contributed by atoms with Gasteiger partial charge in [-0.15, -0.1) is 0 Å². The van der Waals surface area contributed by atoms with Crippen LogP contribution in [-0.4, -0.2) is 40.1 Å². The van der Waals surface area contributed by atoms with Crippen LogP contribution in [0.25, 0.3) is 21.8 Å². The molecule has 2 aromatic heterocycles. The highest BCUT2D eigenvalue weighted by Crippen LogP contribution is 2.31. The molecule has 0 aliphatic carbocycles. The Bertz CT molecular complexity index is 1060. The molecule has 146 valence electrons. The number of esters is 2. The van der Waals surface area contributed by atoms with Crippen molar-refractivity contribution in [2.75, 3.05) is 7.11 Å². The lowest BCUT2D eigenvalue weighted by Crippen LogP contribution is -2.13. The van der Waals surface area contributed by atoms with Crippen molar-refractivity contribution in [1.82, 2.24) is 9.97 Å². The Morgan fingerprint density at radius 1 is 1.18 bits per heavy atom. The van der Waals surface area contributed by atoms with Crippen LogP contribution in [0.5, 0.6) is 0 Å². The summed E-state index contributed by atoms with van der Waals surface area (Å²) in [6.07, 6.45) is -0.662. The first kappa shape index (κ1) is 19.3. The minimum atomic E-state index is -0.965. The van der Waals surface area contributed by atoms with Crippen molar-refractivity contribution in [2.24, 2.45) is 0 Å². The molecule has 1 atom stereocenters. The largest absolute Gasteiger partial charge is 0.481 e. The van der Waals surface area contributed by atoms with E-state index in [1.165, 1.54) is 7.11 Å². The summed E-state index contributed by atoms with van der Waals surface area (Å²) in [5.41, 5.74) is 2.05. The summed E-state index contributed by atoms with van der Waals surface area (Å²) in [7, 11) is 1.27. The Hall–Kier alpha value is -3.42. The van der Waals surface area contributed by atoms with Gasteiger partial charge in [0.1, 0.15) is 17.5 Å². The highest BCUT2D eigenvalue weighted by molar-refractivity contribution is 6.09. The normalized spacial score (nSPS) is 12.1. The molecule has 8 heteroatoms. The van der Waals surface area contributed by atoms with Gasteiger partial charge in [0.15, 0.2) is 0 Å². The number of hydrogen-bond donors (Lipinski definition) is 2. The number of ether oxygens (including phenoxy) is 2. The van der Waals surface area contributed by atoms with E-state index >= 15 is 0 Å². The average Bonchev–Trinajstić information content (AvgIpc) is 3.04. The van der Waals surface area contributed by atoms with Crippen molar-refractivity contribution in [3.8, 4) is 0 Å². The number of nitrogens with one attached hydrogen (secondary N) is 1. The van der Waals surface area contributed by atoms with Gasteiger partial charge >= 0.3 is 17.9 Å². The molecule has 0 saturated carbocycles. The summed E-state index contributed by atoms with van der Waals surface area (Å²) in [5, 5.41) is 10.4. The molecule has 0 fully saturated rings. The van der Waals surface area contributed by atoms with Crippen LogP contribution in [0.15, 0.2) is 30.3 Å². The van der Waals surface area contributed by atoms with Crippen molar-refractivity contribution in [1.29, 1.82) is 0 Å². The Kier molecular flexibility index (Phi) is 5.58. The average molecular weight is 384 g/mol. The van der Waals surface area contributed by atoms with Crippen LogP contribution in [0.2, 0.25) is 0 Å². The predicted octanol–water partition coefficient (Wildman–Crippen LogP) is 3.36. The summed E-state index contributed by atoms with van der Waals surface area (Å²) in [5.74, 6) is -2.08. The molecule has 0 spiro atoms. The number of pyridine rings is 1. The van der Waals surface area contributed by atoms with Crippen LogP contribution in [0.4, 0.5) is 0 Å². The van der Waals surface area contributed by atoms with Gasteiger partial charge in [-0.3, -0.25) is 9.59 Å². The number of aromatic nitrogens is 2. The molecule has 0 unspecified atom stereocenters. The minimum Gasteiger partial charge on any atom is -0.481 e. The van der Waals surface area contributed by atoms with Gasteiger partial charge in [-0.25, -0.2) is 9.78 Å². The third-order valence-electron chi connectivity index (χ3n) is 4.38. The van der Waals surface area contributed by atoms with E-state index in [1.54, 1.807) is 13.0 Å². The van der Waals surface area contributed by atoms with E-state index in [4.69, 9.17) is 14.6 Å². The van der Waals surface area contributed by atoms with Crippen molar-refractivity contribution < 1.29 is 29.0 Å². The highest BCUT2D eigenvalue weighted by atomic mass is 16.5. The van der Waals surface area contributed by atoms with E-state index < -0.39 is 24.0 Å². The van der Waals surface area contributed by atoms with Gasteiger partial charge in [0.2, 0.25) is 0 Å². The predicted molar refractivity (Wildman–Crippen MR) is 101 cm³/mol. The number of carboxylic acids is 1. The fraction of sp³-hybridized carbons (Fsp3) is 0.300. The zero-order valence-corrected chi connectivity index (χ0v) is 15.5. The molecule has 0 amide bonds. The zero-order chi connectivity index (χ0) is 20.3. The summed E-state index contributed by atoms with van der Waals surface area (Å²) < 4.78 is 10.2. The second kappa shape index (κ2) is 8.08. The third kappa shape index (κ3) is 3.95. The summed E-state index contributed by atoms with van der Waals surface area (Å²) in [6, 6.07) is 9.24. The third-order valence-corrected chi connectivity index (χ3v) is 4.38. The first-order valence-electron chi connectivity index (χ1n) is 8.81. The van der Waals surface area contributed by atoms with Gasteiger partial charge in [-0.2, -0.15) is 0 Å². The maximum atomic E-state index is 12.1. The van der Waals surface area contributed by atoms with Crippen LogP contribution >= 0.6 is 0 Å². The van der Waals surface area contributed by atoms with Crippen molar-refractivity contribution in [3.05, 3.63) is 41.7 Å². The monoisotopic (exact) mass is 384 g/mol. The molecule has 0 aliphatic heterocycles. The minimum absolute atomic E-state index is 0.0107. The van der Waals surface area contributed by atoms with Gasteiger partial charge in [0, 0.05) is 29.1 Å². The van der Waals surface area contributed by atoms with Crippen molar-refractivity contribution in [2.45, 2.75) is 32.3 Å². The molecule has 0 saturated heterocycles. The number of carbonyl (C=O) groups excluding carboxylic acids is 2. The van der Waals surface area contributed by atoms with Gasteiger partial charge in [-0.1, -0.05) is 18.2 Å². The number of H-pyrrole nitrogens is 1. The van der Waals surface area contributed by atoms with Crippen molar-refractivity contribution >= 4 is 39.7 Å². The van der Waals surface area contributed by atoms with E-state index in [1.807, 2.05) is 24.3 Å². The molecule has 0 radical (unpaired) electrons. The van der Waals surface area contributed by atoms with Crippen LogP contribution in [-0.2, 0) is 19.1 Å². The van der Waals surface area contributed by atoms with E-state index in [0.29, 0.717) is 11.2 Å². The fourth-order valence-corrected chi connectivity index (χ4v) is 3.07. The number of nitrogens with zero attached hydrogens (tertiary/aromatic N) is 1. The number of rotatable bonds is 7. The second-order valence-electron chi connectivity index (χ2n) is 6.36. The fourth-order valence-electron chi connectivity index (χ4n) is 3.07. The summed E-state index contributed by atoms with van der Waals surface area (Å²) >= 11 is 0. The molecule has 3 rings (SSSR count). The maximum Gasteiger partial charge on any atom is 0.356 e. The highest BCUT2D eigenvalue weighted by Gasteiger charge is 2.22. The Morgan fingerprint density at radius 3 is 2.64 bits per heavy atom. The van der Waals surface area contributed by atoms with Gasteiger partial charge in [0.25, 0.3) is 0 Å². The first-order chi connectivity index (χ1) is 13.4. The number of aromatic amines is 1. The molecular weight excluding hydrogens is 364 g/mol. The summed E-state index contributed by atoms with van der Waals surface area (Å²) in [6.45, 7) is 1.66. The molecule has 28 heavy (non-hydrogen) atoms. The van der Waals surface area contributed by atoms with E-state index in [0.717, 1.165) is 16.3 Å². The molecule has 2 heterocycles. The van der Waals surface area contributed by atoms with E-state index in [2.05, 4.69) is 9.97 Å². The van der Waals surface area contributed by atoms with Gasteiger partial charge in [-0.05, 0) is 25.5 Å². The molecular formula is C20H20N2O6. The standard InChI is InChI=1S/C20H20N2O6/c1-11(28-17(25)9-5-8-16(23)24)18-19-13(10-15(22-18)20(26)27-2)12-6-3-4-7-14(12)21-19/h3-4,6-7,10-11,21H,5,8-9H2,1-2H3,(H,23,24)/t11-/m1/s1. The molecule has 8 nitrogen and oxygen atoms in total. The topological polar surface area (TPSA) is 119 Å². The smallest absolute Gasteiger partial charge is 0.356 e. The lowest BCUT2D eigenvalue weighted by atomic mass is 10.1. The number of methoxy groups -OCH3 is 1. The number of benzene rings is 1. The van der Waals surface area contributed by atoms with Crippen LogP contribution < -0.4 is 0 Å². The number of aliphatic carboxylic acids is 1. The van der Waals surface area contributed by atoms with Crippen LogP contribution in [0, 0.1) is 0 Å². The lowest BCUT2D eigenvalue weighted by Gasteiger charge is -2.14. The molecule has 0 aliphatic rings. The number of carboxylic acid groups (broad SMARTS) is 1. The lowest BCUT2D eigenvalue weighted by molar-refractivity contribution is -0.149. The molecule has 3 aromatic rings.